The van der Waals surface area contributed by atoms with Crippen LogP contribution in [-0.2, 0) is 11.3 Å². The number of likely N-dealkylation sites (tertiary alicyclic amines) is 1. The molecule has 0 unspecified atom stereocenters. The third kappa shape index (κ3) is 3.79. The van der Waals surface area contributed by atoms with E-state index in [4.69, 9.17) is 4.74 Å². The van der Waals surface area contributed by atoms with Gasteiger partial charge in [0, 0.05) is 45.9 Å². The van der Waals surface area contributed by atoms with Crippen LogP contribution in [0.1, 0.15) is 11.1 Å². The number of benzene rings is 2. The van der Waals surface area contributed by atoms with Gasteiger partial charge in [-0.3, -0.25) is 9.80 Å². The zero-order valence-electron chi connectivity index (χ0n) is 15.7. The molecule has 2 saturated heterocycles. The number of hydrogen-bond acceptors (Lipinski definition) is 4. The van der Waals surface area contributed by atoms with Crippen molar-refractivity contribution in [3.8, 4) is 0 Å². The molecule has 2 fully saturated rings. The summed E-state index contributed by atoms with van der Waals surface area (Å²) < 4.78 is 5.47. The van der Waals surface area contributed by atoms with E-state index in [0.29, 0.717) is 18.4 Å². The molecule has 0 amide bonds. The van der Waals surface area contributed by atoms with Crippen molar-refractivity contribution in [2.45, 2.75) is 13.5 Å². The first kappa shape index (κ1) is 17.9. The maximum atomic E-state index is 9.89. The Morgan fingerprint density at radius 3 is 2.50 bits per heavy atom. The third-order valence-electron chi connectivity index (χ3n) is 6.11. The van der Waals surface area contributed by atoms with Gasteiger partial charge in [0.25, 0.3) is 0 Å². The largest absolute Gasteiger partial charge is 0.396 e. The zero-order valence-corrected chi connectivity index (χ0v) is 15.7. The number of aliphatic hydroxyl groups excluding tert-OH is 1. The minimum atomic E-state index is 0.292. The molecule has 0 aromatic heterocycles. The summed E-state index contributed by atoms with van der Waals surface area (Å²) in [7, 11) is 0. The van der Waals surface area contributed by atoms with Crippen molar-refractivity contribution in [3.63, 3.8) is 0 Å². The zero-order chi connectivity index (χ0) is 17.9. The lowest BCUT2D eigenvalue weighted by Gasteiger charge is -2.30. The van der Waals surface area contributed by atoms with E-state index in [9.17, 15) is 5.11 Å². The van der Waals surface area contributed by atoms with Crippen LogP contribution in [0.3, 0.4) is 0 Å². The fourth-order valence-electron chi connectivity index (χ4n) is 4.61. The minimum Gasteiger partial charge on any atom is -0.396 e. The number of hydrogen-bond donors (Lipinski definition) is 1. The van der Waals surface area contributed by atoms with Gasteiger partial charge in [-0.1, -0.05) is 36.4 Å². The quantitative estimate of drug-likeness (QED) is 0.895. The van der Waals surface area contributed by atoms with E-state index in [0.717, 1.165) is 52.5 Å². The van der Waals surface area contributed by atoms with Crippen LogP contribution >= 0.6 is 0 Å². The van der Waals surface area contributed by atoms with Crippen LogP contribution in [-0.4, -0.2) is 67.5 Å². The second kappa shape index (κ2) is 8.05. The normalized spacial score (nSPS) is 25.2. The standard InChI is InChI=1S/C22H30N2O2/c1-17-4-2-7-22-18(5-3-6-21(17)22)12-24-14-19(20(15-24)16-25)13-23-8-10-26-11-9-23/h2-7,19-20,25H,8-16H2,1H3/t19-,20-/m1/s1. The molecule has 26 heavy (non-hydrogen) atoms. The summed E-state index contributed by atoms with van der Waals surface area (Å²) in [6.07, 6.45) is 0. The predicted octanol–water partition coefficient (Wildman–Crippen LogP) is 2.52. The SMILES string of the molecule is Cc1cccc2c(CN3C[C@@H](CN4CCOCC4)[C@@H](CO)C3)cccc12. The summed E-state index contributed by atoms with van der Waals surface area (Å²) in [6, 6.07) is 13.2. The van der Waals surface area contributed by atoms with Crippen molar-refractivity contribution in [1.29, 1.82) is 0 Å². The predicted molar refractivity (Wildman–Crippen MR) is 105 cm³/mol. The number of morpholine rings is 1. The van der Waals surface area contributed by atoms with Crippen LogP contribution in [0.15, 0.2) is 36.4 Å². The molecular formula is C22H30N2O2. The van der Waals surface area contributed by atoms with Crippen LogP contribution in [0.5, 0.6) is 0 Å². The summed E-state index contributed by atoms with van der Waals surface area (Å²) in [5.41, 5.74) is 2.74. The maximum Gasteiger partial charge on any atom is 0.0594 e. The van der Waals surface area contributed by atoms with Gasteiger partial charge in [-0.05, 0) is 40.7 Å². The smallest absolute Gasteiger partial charge is 0.0594 e. The molecule has 140 valence electrons. The molecule has 2 atom stereocenters. The molecule has 4 rings (SSSR count). The first-order valence-corrected chi connectivity index (χ1v) is 9.85. The summed E-state index contributed by atoms with van der Waals surface area (Å²) in [4.78, 5) is 5.03. The molecule has 0 saturated carbocycles. The van der Waals surface area contributed by atoms with E-state index in [2.05, 4.69) is 53.1 Å². The van der Waals surface area contributed by atoms with Gasteiger partial charge in [0.1, 0.15) is 0 Å². The first-order chi connectivity index (χ1) is 12.7. The number of aryl methyl sites for hydroxylation is 1. The number of nitrogens with zero attached hydrogens (tertiary/aromatic N) is 2. The average Bonchev–Trinajstić information content (AvgIpc) is 3.05. The lowest BCUT2D eigenvalue weighted by Crippen LogP contribution is -2.41. The van der Waals surface area contributed by atoms with Crippen molar-refractivity contribution >= 4 is 10.8 Å². The molecule has 0 radical (unpaired) electrons. The van der Waals surface area contributed by atoms with Crippen LogP contribution < -0.4 is 0 Å². The molecule has 1 N–H and O–H groups in total. The van der Waals surface area contributed by atoms with Gasteiger partial charge in [-0.15, -0.1) is 0 Å². The number of ether oxygens (including phenoxy) is 1. The number of aliphatic hydroxyl groups is 1. The molecule has 4 heteroatoms. The lowest BCUT2D eigenvalue weighted by atomic mass is 9.96. The summed E-state index contributed by atoms with van der Waals surface area (Å²) in [5, 5.41) is 12.6. The monoisotopic (exact) mass is 354 g/mol. The second-order valence-corrected chi connectivity index (χ2v) is 7.90. The minimum absolute atomic E-state index is 0.292. The van der Waals surface area contributed by atoms with Crippen LogP contribution in [0.4, 0.5) is 0 Å². The second-order valence-electron chi connectivity index (χ2n) is 7.90. The molecule has 0 aliphatic carbocycles. The van der Waals surface area contributed by atoms with E-state index in [1.807, 2.05) is 0 Å². The molecule has 2 aromatic carbocycles. The number of fused-ring (bicyclic) bond motifs is 1. The lowest BCUT2D eigenvalue weighted by molar-refractivity contribution is 0.0264. The topological polar surface area (TPSA) is 35.9 Å². The molecule has 2 aromatic rings. The van der Waals surface area contributed by atoms with E-state index < -0.39 is 0 Å². The Morgan fingerprint density at radius 1 is 0.962 bits per heavy atom. The van der Waals surface area contributed by atoms with Gasteiger partial charge in [-0.2, -0.15) is 0 Å². The summed E-state index contributed by atoms with van der Waals surface area (Å²) in [6.45, 7) is 10.3. The van der Waals surface area contributed by atoms with Crippen molar-refractivity contribution in [2.24, 2.45) is 11.8 Å². The first-order valence-electron chi connectivity index (χ1n) is 9.85. The van der Waals surface area contributed by atoms with Gasteiger partial charge in [-0.25, -0.2) is 0 Å². The Bertz CT molecular complexity index is 742. The van der Waals surface area contributed by atoms with Crippen LogP contribution in [0, 0.1) is 18.8 Å². The Hall–Kier alpha value is -1.46. The fraction of sp³-hybridized carbons (Fsp3) is 0.545. The van der Waals surface area contributed by atoms with E-state index in [1.54, 1.807) is 0 Å². The molecule has 4 nitrogen and oxygen atoms in total. The van der Waals surface area contributed by atoms with Crippen molar-refractivity contribution in [3.05, 3.63) is 47.5 Å². The van der Waals surface area contributed by atoms with Crippen molar-refractivity contribution in [2.75, 3.05) is 52.5 Å². The van der Waals surface area contributed by atoms with Gasteiger partial charge in [0.15, 0.2) is 0 Å². The van der Waals surface area contributed by atoms with E-state index in [-0.39, 0.29) is 0 Å². The Labute approximate surface area is 156 Å². The molecule has 0 bridgehead atoms. The highest BCUT2D eigenvalue weighted by atomic mass is 16.5. The Morgan fingerprint density at radius 2 is 1.69 bits per heavy atom. The molecular weight excluding hydrogens is 324 g/mol. The maximum absolute atomic E-state index is 9.89. The van der Waals surface area contributed by atoms with E-state index in [1.165, 1.54) is 21.9 Å². The van der Waals surface area contributed by atoms with Crippen molar-refractivity contribution in [1.82, 2.24) is 9.80 Å². The highest BCUT2D eigenvalue weighted by Crippen LogP contribution is 2.28. The summed E-state index contributed by atoms with van der Waals surface area (Å²) >= 11 is 0. The number of rotatable bonds is 5. The van der Waals surface area contributed by atoms with Gasteiger partial charge < -0.3 is 9.84 Å². The van der Waals surface area contributed by atoms with Gasteiger partial charge in [0.05, 0.1) is 13.2 Å². The molecule has 2 heterocycles. The molecule has 2 aliphatic rings. The summed E-state index contributed by atoms with van der Waals surface area (Å²) in [5.74, 6) is 0.935. The Kier molecular flexibility index (Phi) is 5.55. The Balaban J connectivity index is 1.46. The fourth-order valence-corrected chi connectivity index (χ4v) is 4.61. The molecule has 2 aliphatic heterocycles. The van der Waals surface area contributed by atoms with E-state index >= 15 is 0 Å². The van der Waals surface area contributed by atoms with Crippen molar-refractivity contribution < 1.29 is 9.84 Å². The van der Waals surface area contributed by atoms with Gasteiger partial charge in [0.2, 0.25) is 0 Å². The highest BCUT2D eigenvalue weighted by molar-refractivity contribution is 5.88. The highest BCUT2D eigenvalue weighted by Gasteiger charge is 2.33. The van der Waals surface area contributed by atoms with Gasteiger partial charge >= 0.3 is 0 Å². The van der Waals surface area contributed by atoms with Crippen LogP contribution in [0.2, 0.25) is 0 Å². The van der Waals surface area contributed by atoms with Crippen LogP contribution in [0.25, 0.3) is 10.8 Å². The third-order valence-corrected chi connectivity index (χ3v) is 6.11. The molecule has 0 spiro atoms. The average molecular weight is 354 g/mol.